The lowest BCUT2D eigenvalue weighted by molar-refractivity contribution is 0.0519. The van der Waals surface area contributed by atoms with Crippen LogP contribution in [0.4, 0.5) is 13.2 Å². The molecule has 3 aromatic rings. The maximum absolute atomic E-state index is 14.3. The highest BCUT2D eigenvalue weighted by molar-refractivity contribution is 7.85. The molecule has 0 radical (unpaired) electrons. The summed E-state index contributed by atoms with van der Waals surface area (Å²) in [5.41, 5.74) is -0.857. The predicted octanol–water partition coefficient (Wildman–Crippen LogP) is 3.07. The molecule has 7 nitrogen and oxygen atoms in total. The van der Waals surface area contributed by atoms with Crippen molar-refractivity contribution in [3.63, 3.8) is 0 Å². The zero-order chi connectivity index (χ0) is 21.3. The summed E-state index contributed by atoms with van der Waals surface area (Å²) in [6, 6.07) is 3.78. The molecule has 3 rings (SSSR count). The van der Waals surface area contributed by atoms with E-state index < -0.39 is 39.1 Å². The van der Waals surface area contributed by atoms with Crippen LogP contribution < -0.4 is 0 Å². The first-order valence-corrected chi connectivity index (χ1v) is 10.1. The van der Waals surface area contributed by atoms with Gasteiger partial charge in [-0.05, 0) is 24.6 Å². The molecule has 0 fully saturated rings. The monoisotopic (exact) mass is 428 g/mol. The van der Waals surface area contributed by atoms with Crippen LogP contribution in [0.2, 0.25) is 0 Å². The number of carbonyl (C=O) groups is 1. The van der Waals surface area contributed by atoms with Gasteiger partial charge in [0.2, 0.25) is 0 Å². The molecule has 0 saturated heterocycles. The van der Waals surface area contributed by atoms with Crippen molar-refractivity contribution >= 4 is 21.7 Å². The smallest absolute Gasteiger partial charge is 0.357 e. The normalized spacial score (nSPS) is 11.8. The number of benzene rings is 1. The molecule has 0 aliphatic heterocycles. The van der Waals surface area contributed by atoms with E-state index in [2.05, 4.69) is 4.98 Å². The summed E-state index contributed by atoms with van der Waals surface area (Å²) < 4.78 is 75.1. The van der Waals surface area contributed by atoms with Gasteiger partial charge in [0, 0.05) is 18.3 Å². The quantitative estimate of drug-likeness (QED) is 0.443. The van der Waals surface area contributed by atoms with E-state index in [1.165, 1.54) is 22.7 Å². The van der Waals surface area contributed by atoms with Crippen molar-refractivity contribution in [2.45, 2.75) is 13.5 Å². The fourth-order valence-electron chi connectivity index (χ4n) is 2.69. The summed E-state index contributed by atoms with van der Waals surface area (Å²) in [4.78, 5) is 16.5. The molecule has 0 amide bonds. The summed E-state index contributed by atoms with van der Waals surface area (Å²) in [7, 11) is -3.69. The SMILES string of the molecule is CCOC(=O)c1c(-c2c(F)cc(F)cc2F)nc2cc(COS(C)(=O)=O)ccn12. The molecule has 0 unspecified atom stereocenters. The standard InChI is InChI=1S/C18H15F3N2O5S/c1-3-27-18(24)17-16(15-12(20)7-11(19)8-13(15)21)22-14-6-10(4-5-23(14)17)9-28-29(2,25)26/h4-8H,3,9H2,1-2H3. The van der Waals surface area contributed by atoms with E-state index in [1.807, 2.05) is 0 Å². The molecule has 0 aliphatic rings. The highest BCUT2D eigenvalue weighted by Crippen LogP contribution is 2.31. The number of pyridine rings is 1. The van der Waals surface area contributed by atoms with Crippen LogP contribution in [0.15, 0.2) is 30.5 Å². The zero-order valence-electron chi connectivity index (χ0n) is 15.3. The fourth-order valence-corrected chi connectivity index (χ4v) is 3.04. The van der Waals surface area contributed by atoms with Crippen molar-refractivity contribution in [2.75, 3.05) is 12.9 Å². The van der Waals surface area contributed by atoms with E-state index in [0.29, 0.717) is 17.7 Å². The van der Waals surface area contributed by atoms with Crippen LogP contribution in [0.3, 0.4) is 0 Å². The van der Waals surface area contributed by atoms with Crippen LogP contribution >= 0.6 is 0 Å². The largest absolute Gasteiger partial charge is 0.461 e. The third-order valence-corrected chi connectivity index (χ3v) is 4.39. The summed E-state index contributed by atoms with van der Waals surface area (Å²) in [5, 5.41) is 0. The van der Waals surface area contributed by atoms with Crippen LogP contribution in [0.1, 0.15) is 23.0 Å². The van der Waals surface area contributed by atoms with Crippen LogP contribution in [0.5, 0.6) is 0 Å². The van der Waals surface area contributed by atoms with Gasteiger partial charge < -0.3 is 4.74 Å². The van der Waals surface area contributed by atoms with Gasteiger partial charge in [-0.25, -0.2) is 22.9 Å². The number of hydrogen-bond acceptors (Lipinski definition) is 6. The van der Waals surface area contributed by atoms with E-state index >= 15 is 0 Å². The van der Waals surface area contributed by atoms with Crippen molar-refractivity contribution in [1.82, 2.24) is 9.38 Å². The fraction of sp³-hybridized carbons (Fsp3) is 0.222. The minimum Gasteiger partial charge on any atom is -0.461 e. The number of imidazole rings is 1. The molecule has 29 heavy (non-hydrogen) atoms. The van der Waals surface area contributed by atoms with Gasteiger partial charge in [0.15, 0.2) is 5.69 Å². The van der Waals surface area contributed by atoms with Crippen molar-refractivity contribution in [3.05, 3.63) is 59.2 Å². The Kier molecular flexibility index (Phi) is 5.62. The first-order valence-electron chi connectivity index (χ1n) is 8.28. The van der Waals surface area contributed by atoms with E-state index in [0.717, 1.165) is 6.26 Å². The maximum Gasteiger partial charge on any atom is 0.357 e. The number of carbonyl (C=O) groups excluding carboxylic acids is 1. The number of aromatic nitrogens is 2. The lowest BCUT2D eigenvalue weighted by atomic mass is 10.1. The van der Waals surface area contributed by atoms with Gasteiger partial charge in [-0.3, -0.25) is 8.58 Å². The number of rotatable bonds is 6. The third kappa shape index (κ3) is 4.40. The Morgan fingerprint density at radius 3 is 2.41 bits per heavy atom. The van der Waals surface area contributed by atoms with E-state index in [4.69, 9.17) is 8.92 Å². The molecule has 0 saturated carbocycles. The Hall–Kier alpha value is -2.92. The van der Waals surface area contributed by atoms with E-state index in [-0.39, 0.29) is 30.2 Å². The van der Waals surface area contributed by atoms with Crippen LogP contribution in [0.25, 0.3) is 16.9 Å². The average Bonchev–Trinajstić information content (AvgIpc) is 2.96. The molecule has 2 aromatic heterocycles. The first-order chi connectivity index (χ1) is 13.6. The van der Waals surface area contributed by atoms with Gasteiger partial charge >= 0.3 is 5.97 Å². The van der Waals surface area contributed by atoms with Gasteiger partial charge in [-0.15, -0.1) is 0 Å². The Balaban J connectivity index is 2.20. The van der Waals surface area contributed by atoms with Gasteiger partial charge in [0.1, 0.15) is 28.8 Å². The van der Waals surface area contributed by atoms with Crippen molar-refractivity contribution in [3.8, 4) is 11.3 Å². The Morgan fingerprint density at radius 1 is 1.17 bits per heavy atom. The Bertz CT molecular complexity index is 1180. The van der Waals surface area contributed by atoms with Gasteiger partial charge in [-0.1, -0.05) is 0 Å². The second-order valence-electron chi connectivity index (χ2n) is 6.00. The van der Waals surface area contributed by atoms with Crippen LogP contribution in [-0.4, -0.2) is 36.6 Å². The lowest BCUT2D eigenvalue weighted by Gasteiger charge is -2.07. The number of ether oxygens (including phenoxy) is 1. The molecule has 2 heterocycles. The molecule has 11 heteroatoms. The minimum absolute atomic E-state index is 0.000170. The Morgan fingerprint density at radius 2 is 1.83 bits per heavy atom. The van der Waals surface area contributed by atoms with E-state index in [1.54, 1.807) is 6.92 Å². The van der Waals surface area contributed by atoms with Crippen molar-refractivity contribution in [1.29, 1.82) is 0 Å². The number of halogens is 3. The Labute approximate surface area is 163 Å². The van der Waals surface area contributed by atoms with E-state index in [9.17, 15) is 26.4 Å². The van der Waals surface area contributed by atoms with Crippen molar-refractivity contribution in [2.24, 2.45) is 0 Å². The van der Waals surface area contributed by atoms with Gasteiger partial charge in [-0.2, -0.15) is 8.42 Å². The summed E-state index contributed by atoms with van der Waals surface area (Å²) in [6.07, 6.45) is 2.25. The zero-order valence-corrected chi connectivity index (χ0v) is 16.1. The van der Waals surface area contributed by atoms with Crippen LogP contribution in [-0.2, 0) is 25.6 Å². The highest BCUT2D eigenvalue weighted by atomic mass is 32.2. The molecule has 0 atom stereocenters. The third-order valence-electron chi connectivity index (χ3n) is 3.84. The first kappa shape index (κ1) is 20.8. The second kappa shape index (κ2) is 7.84. The van der Waals surface area contributed by atoms with Crippen LogP contribution in [0, 0.1) is 17.5 Å². The lowest BCUT2D eigenvalue weighted by Crippen LogP contribution is -2.10. The minimum atomic E-state index is -3.69. The molecule has 0 N–H and O–H groups in total. The summed E-state index contributed by atoms with van der Waals surface area (Å²) in [5.74, 6) is -4.49. The second-order valence-corrected chi connectivity index (χ2v) is 7.65. The van der Waals surface area contributed by atoms with Gasteiger partial charge in [0.05, 0.1) is 25.0 Å². The van der Waals surface area contributed by atoms with Crippen molar-refractivity contribution < 1.29 is 35.3 Å². The molecule has 0 bridgehead atoms. The molecule has 0 spiro atoms. The number of nitrogens with zero attached hydrogens (tertiary/aromatic N) is 2. The molecule has 0 aliphatic carbocycles. The topological polar surface area (TPSA) is 87.0 Å². The molecule has 154 valence electrons. The molecule has 1 aromatic carbocycles. The molecular formula is C18H15F3N2O5S. The number of esters is 1. The predicted molar refractivity (Wildman–Crippen MR) is 96.1 cm³/mol. The van der Waals surface area contributed by atoms with Gasteiger partial charge in [0.25, 0.3) is 10.1 Å². The number of hydrogen-bond donors (Lipinski definition) is 0. The summed E-state index contributed by atoms with van der Waals surface area (Å²) >= 11 is 0. The average molecular weight is 428 g/mol. The highest BCUT2D eigenvalue weighted by Gasteiger charge is 2.27. The summed E-state index contributed by atoms with van der Waals surface area (Å²) in [6.45, 7) is 1.26. The maximum atomic E-state index is 14.3. The molecular weight excluding hydrogens is 413 g/mol. The number of fused-ring (bicyclic) bond motifs is 1.